The zero-order valence-electron chi connectivity index (χ0n) is 17.7. The molecule has 0 atom stereocenters. The molecular formula is C25H22N6O. The van der Waals surface area contributed by atoms with Gasteiger partial charge in [0.2, 0.25) is 5.95 Å². The standard InChI is InChI=1S/C25H22N6O/c1-16-5-8-21(29-24(32)19-7-6-17-3-2-4-18(17)11-19)12-23(16)31-25-28-10-9-22(30-25)20-13-26-15-27-14-20/h5-15H,2-4H2,1H3,(H,29,32)(H,28,30,31). The second-order valence-corrected chi connectivity index (χ2v) is 7.84. The second kappa shape index (κ2) is 8.55. The highest BCUT2D eigenvalue weighted by Crippen LogP contribution is 2.26. The van der Waals surface area contributed by atoms with Crippen LogP contribution in [0.1, 0.15) is 33.5 Å². The third kappa shape index (κ3) is 4.18. The first-order valence-corrected chi connectivity index (χ1v) is 10.5. The summed E-state index contributed by atoms with van der Waals surface area (Å²) in [5.74, 6) is 0.341. The Morgan fingerprint density at radius 1 is 0.969 bits per heavy atom. The minimum Gasteiger partial charge on any atom is -0.324 e. The van der Waals surface area contributed by atoms with Crippen LogP contribution in [0.2, 0.25) is 0 Å². The molecular weight excluding hydrogens is 400 g/mol. The maximum absolute atomic E-state index is 12.8. The lowest BCUT2D eigenvalue weighted by Gasteiger charge is -2.12. The number of carbonyl (C=O) groups is 1. The first-order chi connectivity index (χ1) is 15.7. The van der Waals surface area contributed by atoms with Gasteiger partial charge < -0.3 is 10.6 Å². The topological polar surface area (TPSA) is 92.7 Å². The Kier molecular flexibility index (Phi) is 5.29. The van der Waals surface area contributed by atoms with Gasteiger partial charge in [0, 0.05) is 41.1 Å². The Morgan fingerprint density at radius 3 is 2.69 bits per heavy atom. The number of benzene rings is 2. The van der Waals surface area contributed by atoms with Gasteiger partial charge in [0.05, 0.1) is 5.69 Å². The molecule has 7 nitrogen and oxygen atoms in total. The van der Waals surface area contributed by atoms with Crippen molar-refractivity contribution in [3.8, 4) is 11.3 Å². The van der Waals surface area contributed by atoms with E-state index in [0.29, 0.717) is 17.2 Å². The van der Waals surface area contributed by atoms with Crippen molar-refractivity contribution in [3.63, 3.8) is 0 Å². The summed E-state index contributed by atoms with van der Waals surface area (Å²) in [6.45, 7) is 1.99. The lowest BCUT2D eigenvalue weighted by molar-refractivity contribution is 0.102. The van der Waals surface area contributed by atoms with Crippen molar-refractivity contribution in [2.45, 2.75) is 26.2 Å². The SMILES string of the molecule is Cc1ccc(NC(=O)c2ccc3c(c2)CCC3)cc1Nc1nccc(-c2cncnc2)n1. The van der Waals surface area contributed by atoms with Gasteiger partial charge in [-0.15, -0.1) is 0 Å². The fourth-order valence-electron chi connectivity index (χ4n) is 3.88. The molecule has 0 fully saturated rings. The summed E-state index contributed by atoms with van der Waals surface area (Å²) < 4.78 is 0. The fourth-order valence-corrected chi connectivity index (χ4v) is 3.88. The number of aryl methyl sites for hydroxylation is 3. The maximum atomic E-state index is 12.8. The molecule has 32 heavy (non-hydrogen) atoms. The van der Waals surface area contributed by atoms with Crippen LogP contribution in [-0.2, 0) is 12.8 Å². The van der Waals surface area contributed by atoms with Gasteiger partial charge in [-0.05, 0) is 73.2 Å². The third-order valence-corrected chi connectivity index (χ3v) is 5.61. The largest absolute Gasteiger partial charge is 0.324 e. The van der Waals surface area contributed by atoms with Crippen LogP contribution in [-0.4, -0.2) is 25.8 Å². The number of hydrogen-bond acceptors (Lipinski definition) is 6. The van der Waals surface area contributed by atoms with Crippen molar-refractivity contribution >= 4 is 23.2 Å². The molecule has 2 aromatic heterocycles. The smallest absolute Gasteiger partial charge is 0.255 e. The molecule has 1 amide bonds. The Hall–Kier alpha value is -4.13. The molecule has 2 aromatic carbocycles. The first-order valence-electron chi connectivity index (χ1n) is 10.5. The van der Waals surface area contributed by atoms with Crippen LogP contribution in [0.15, 0.2) is 67.4 Å². The van der Waals surface area contributed by atoms with Crippen molar-refractivity contribution in [2.75, 3.05) is 10.6 Å². The number of nitrogens with one attached hydrogen (secondary N) is 2. The van der Waals surface area contributed by atoms with Gasteiger partial charge in [0.15, 0.2) is 0 Å². The van der Waals surface area contributed by atoms with Crippen LogP contribution in [0.5, 0.6) is 0 Å². The predicted molar refractivity (Wildman–Crippen MR) is 124 cm³/mol. The molecule has 5 rings (SSSR count). The van der Waals surface area contributed by atoms with E-state index < -0.39 is 0 Å². The number of fused-ring (bicyclic) bond motifs is 1. The van der Waals surface area contributed by atoms with E-state index in [4.69, 9.17) is 0 Å². The molecule has 1 aliphatic carbocycles. The minimum atomic E-state index is -0.114. The number of nitrogens with zero attached hydrogens (tertiary/aromatic N) is 4. The van der Waals surface area contributed by atoms with Crippen molar-refractivity contribution < 1.29 is 4.79 Å². The van der Waals surface area contributed by atoms with Crippen LogP contribution in [0.4, 0.5) is 17.3 Å². The number of amides is 1. The van der Waals surface area contributed by atoms with Crippen molar-refractivity contribution in [2.24, 2.45) is 0 Å². The van der Waals surface area contributed by atoms with E-state index in [1.165, 1.54) is 17.5 Å². The molecule has 0 radical (unpaired) electrons. The predicted octanol–water partition coefficient (Wildman–Crippen LogP) is 4.73. The summed E-state index contributed by atoms with van der Waals surface area (Å²) in [4.78, 5) is 29.8. The van der Waals surface area contributed by atoms with E-state index in [-0.39, 0.29) is 5.91 Å². The highest BCUT2D eigenvalue weighted by Gasteiger charge is 2.14. The van der Waals surface area contributed by atoms with Gasteiger partial charge in [-0.2, -0.15) is 0 Å². The van der Waals surface area contributed by atoms with Gasteiger partial charge in [-0.3, -0.25) is 4.79 Å². The average molecular weight is 422 g/mol. The number of hydrogen-bond donors (Lipinski definition) is 2. The van der Waals surface area contributed by atoms with E-state index in [0.717, 1.165) is 41.8 Å². The summed E-state index contributed by atoms with van der Waals surface area (Å²) in [5.41, 5.74) is 7.39. The normalized spacial score (nSPS) is 12.3. The molecule has 158 valence electrons. The van der Waals surface area contributed by atoms with E-state index in [2.05, 4.69) is 36.6 Å². The average Bonchev–Trinajstić information content (AvgIpc) is 3.30. The lowest BCUT2D eigenvalue weighted by Crippen LogP contribution is -2.12. The van der Waals surface area contributed by atoms with E-state index in [1.54, 1.807) is 18.6 Å². The highest BCUT2D eigenvalue weighted by atomic mass is 16.1. The van der Waals surface area contributed by atoms with Crippen molar-refractivity contribution in [3.05, 3.63) is 89.6 Å². The summed E-state index contributed by atoms with van der Waals surface area (Å²) >= 11 is 0. The van der Waals surface area contributed by atoms with Gasteiger partial charge >= 0.3 is 0 Å². The number of rotatable bonds is 5. The van der Waals surface area contributed by atoms with E-state index >= 15 is 0 Å². The summed E-state index contributed by atoms with van der Waals surface area (Å²) in [5, 5.41) is 6.26. The number of carbonyl (C=O) groups excluding carboxylic acids is 1. The molecule has 0 unspecified atom stereocenters. The van der Waals surface area contributed by atoms with Crippen LogP contribution in [0, 0.1) is 6.92 Å². The van der Waals surface area contributed by atoms with E-state index in [1.807, 2.05) is 43.3 Å². The van der Waals surface area contributed by atoms with Crippen molar-refractivity contribution in [1.29, 1.82) is 0 Å². The molecule has 0 saturated heterocycles. The van der Waals surface area contributed by atoms with Crippen LogP contribution in [0.3, 0.4) is 0 Å². The second-order valence-electron chi connectivity index (χ2n) is 7.84. The maximum Gasteiger partial charge on any atom is 0.255 e. The van der Waals surface area contributed by atoms with Crippen LogP contribution >= 0.6 is 0 Å². The quantitative estimate of drug-likeness (QED) is 0.483. The Balaban J connectivity index is 1.35. The van der Waals surface area contributed by atoms with Gasteiger partial charge in [0.1, 0.15) is 6.33 Å². The molecule has 1 aliphatic rings. The van der Waals surface area contributed by atoms with Crippen LogP contribution < -0.4 is 10.6 Å². The van der Waals surface area contributed by atoms with Gasteiger partial charge in [-0.25, -0.2) is 19.9 Å². The Bertz CT molecular complexity index is 1290. The lowest BCUT2D eigenvalue weighted by atomic mass is 10.1. The molecule has 0 saturated carbocycles. The van der Waals surface area contributed by atoms with Gasteiger partial charge in [0.25, 0.3) is 5.91 Å². The number of aromatic nitrogens is 4. The molecule has 0 bridgehead atoms. The fraction of sp³-hybridized carbons (Fsp3) is 0.160. The molecule has 7 heteroatoms. The molecule has 2 heterocycles. The van der Waals surface area contributed by atoms with Crippen LogP contribution in [0.25, 0.3) is 11.3 Å². The summed E-state index contributed by atoms with van der Waals surface area (Å²) in [7, 11) is 0. The zero-order valence-corrected chi connectivity index (χ0v) is 17.7. The molecule has 0 spiro atoms. The van der Waals surface area contributed by atoms with Crippen molar-refractivity contribution in [1.82, 2.24) is 19.9 Å². The third-order valence-electron chi connectivity index (χ3n) is 5.61. The first kappa shape index (κ1) is 19.8. The summed E-state index contributed by atoms with van der Waals surface area (Å²) in [6, 6.07) is 13.5. The Morgan fingerprint density at radius 2 is 1.81 bits per heavy atom. The van der Waals surface area contributed by atoms with Gasteiger partial charge in [-0.1, -0.05) is 12.1 Å². The minimum absolute atomic E-state index is 0.114. The molecule has 2 N–H and O–H groups in total. The van der Waals surface area contributed by atoms with E-state index in [9.17, 15) is 4.79 Å². The Labute approximate surface area is 186 Å². The molecule has 4 aromatic rings. The zero-order chi connectivity index (χ0) is 21.9. The monoisotopic (exact) mass is 422 g/mol. The summed E-state index contributed by atoms with van der Waals surface area (Å²) in [6.07, 6.45) is 9.89. The number of anilines is 3. The highest BCUT2D eigenvalue weighted by molar-refractivity contribution is 6.04. The molecule has 0 aliphatic heterocycles.